The largest absolute Gasteiger partial charge is 0.483 e. The first-order valence-electron chi connectivity index (χ1n) is 10.9. The summed E-state index contributed by atoms with van der Waals surface area (Å²) in [7, 11) is 0. The first-order valence-corrected chi connectivity index (χ1v) is 10.9. The topological polar surface area (TPSA) is 58.6 Å². The van der Waals surface area contributed by atoms with E-state index < -0.39 is 6.04 Å². The zero-order valence-electron chi connectivity index (χ0n) is 19.9. The lowest BCUT2D eigenvalue weighted by molar-refractivity contribution is -0.143. The Bertz CT molecular complexity index is 898. The summed E-state index contributed by atoms with van der Waals surface area (Å²) < 4.78 is 5.87. The van der Waals surface area contributed by atoms with Crippen LogP contribution in [0.5, 0.6) is 5.75 Å². The molecule has 0 saturated heterocycles. The van der Waals surface area contributed by atoms with Crippen LogP contribution in [0.3, 0.4) is 0 Å². The molecule has 0 saturated carbocycles. The Balaban J connectivity index is 2.26. The zero-order valence-corrected chi connectivity index (χ0v) is 19.9. The van der Waals surface area contributed by atoms with Gasteiger partial charge in [-0.25, -0.2) is 0 Å². The molecule has 0 fully saturated rings. The Kier molecular flexibility index (Phi) is 8.26. The first-order chi connectivity index (χ1) is 14.5. The van der Waals surface area contributed by atoms with Crippen LogP contribution in [-0.4, -0.2) is 34.9 Å². The molecule has 0 aliphatic carbocycles. The van der Waals surface area contributed by atoms with E-state index in [1.165, 1.54) is 0 Å². The van der Waals surface area contributed by atoms with Gasteiger partial charge in [0.15, 0.2) is 6.61 Å². The van der Waals surface area contributed by atoms with Gasteiger partial charge in [0.2, 0.25) is 5.91 Å². The average molecular weight is 425 g/mol. The van der Waals surface area contributed by atoms with Crippen LogP contribution in [0.2, 0.25) is 0 Å². The van der Waals surface area contributed by atoms with Crippen molar-refractivity contribution < 1.29 is 14.3 Å². The molecule has 0 aliphatic heterocycles. The van der Waals surface area contributed by atoms with Crippen LogP contribution in [0.1, 0.15) is 56.4 Å². The molecule has 0 aromatic heterocycles. The van der Waals surface area contributed by atoms with Gasteiger partial charge in [0.05, 0.1) is 0 Å². The number of carbonyl (C=O) groups is 2. The summed E-state index contributed by atoms with van der Waals surface area (Å²) in [6.07, 6.45) is 0.517. The van der Waals surface area contributed by atoms with Crippen LogP contribution in [0.25, 0.3) is 0 Å². The number of hydrogen-bond acceptors (Lipinski definition) is 3. The van der Waals surface area contributed by atoms with Crippen molar-refractivity contribution in [1.82, 2.24) is 10.2 Å². The van der Waals surface area contributed by atoms with Gasteiger partial charge in [0, 0.05) is 12.1 Å². The minimum Gasteiger partial charge on any atom is -0.483 e. The van der Waals surface area contributed by atoms with E-state index in [2.05, 4.69) is 5.32 Å². The van der Waals surface area contributed by atoms with E-state index in [0.29, 0.717) is 18.7 Å². The molecule has 1 atom stereocenters. The zero-order chi connectivity index (χ0) is 23.2. The molecule has 0 bridgehead atoms. The fourth-order valence-electron chi connectivity index (χ4n) is 3.35. The summed E-state index contributed by atoms with van der Waals surface area (Å²) >= 11 is 0. The summed E-state index contributed by atoms with van der Waals surface area (Å²) in [6.45, 7) is 13.9. The number of ether oxygens (including phenoxy) is 1. The minimum absolute atomic E-state index is 0.116. The number of carbonyl (C=O) groups excluding carboxylic acids is 2. The molecule has 2 aromatic carbocycles. The molecule has 2 rings (SSSR count). The summed E-state index contributed by atoms with van der Waals surface area (Å²) in [6, 6.07) is 13.4. The Morgan fingerprint density at radius 2 is 1.61 bits per heavy atom. The Hall–Kier alpha value is -2.82. The van der Waals surface area contributed by atoms with Gasteiger partial charge in [0.1, 0.15) is 11.8 Å². The second-order valence-corrected chi connectivity index (χ2v) is 9.23. The summed E-state index contributed by atoms with van der Waals surface area (Å²) in [5.41, 5.74) is 3.80. The van der Waals surface area contributed by atoms with Crippen molar-refractivity contribution in [3.8, 4) is 5.75 Å². The number of nitrogens with zero attached hydrogens (tertiary/aromatic N) is 1. The van der Waals surface area contributed by atoms with Crippen molar-refractivity contribution in [2.45, 2.75) is 73.0 Å². The quantitative estimate of drug-likeness (QED) is 0.667. The monoisotopic (exact) mass is 424 g/mol. The molecule has 1 N–H and O–H groups in total. The molecule has 0 heterocycles. The van der Waals surface area contributed by atoms with Crippen molar-refractivity contribution in [2.24, 2.45) is 0 Å². The third-order valence-electron chi connectivity index (χ3n) is 5.05. The predicted octanol–water partition coefficient (Wildman–Crippen LogP) is 4.71. The second-order valence-electron chi connectivity index (χ2n) is 9.23. The highest BCUT2D eigenvalue weighted by Crippen LogP contribution is 2.20. The lowest BCUT2D eigenvalue weighted by Crippen LogP contribution is -2.54. The summed E-state index contributed by atoms with van der Waals surface area (Å²) in [5.74, 6) is 0.329. The second kappa shape index (κ2) is 10.5. The number of nitrogens with one attached hydrogen (secondary N) is 1. The third-order valence-corrected chi connectivity index (χ3v) is 5.05. The molecule has 5 nitrogen and oxygen atoms in total. The highest BCUT2D eigenvalue weighted by molar-refractivity contribution is 5.88. The van der Waals surface area contributed by atoms with E-state index in [9.17, 15) is 9.59 Å². The molecule has 2 amide bonds. The molecule has 2 aromatic rings. The fraction of sp³-hybridized carbons (Fsp3) is 0.462. The van der Waals surface area contributed by atoms with E-state index in [0.717, 1.165) is 22.3 Å². The van der Waals surface area contributed by atoms with Crippen LogP contribution in [0, 0.1) is 20.8 Å². The van der Waals surface area contributed by atoms with E-state index >= 15 is 0 Å². The molecule has 0 radical (unpaired) electrons. The van der Waals surface area contributed by atoms with Crippen molar-refractivity contribution >= 4 is 11.8 Å². The van der Waals surface area contributed by atoms with Crippen LogP contribution < -0.4 is 10.1 Å². The van der Waals surface area contributed by atoms with E-state index in [-0.39, 0.29) is 24.0 Å². The number of rotatable bonds is 8. The average Bonchev–Trinajstić information content (AvgIpc) is 2.68. The SMILES string of the molecule is CC[C@@H](C(=O)NC(C)(C)C)N(Cc1ccc(C)cc1)C(=O)COc1cc(C)ccc1C. The molecule has 5 heteroatoms. The molecule has 0 aliphatic rings. The van der Waals surface area contributed by atoms with Gasteiger partial charge in [-0.3, -0.25) is 9.59 Å². The number of benzene rings is 2. The number of amides is 2. The van der Waals surface area contributed by atoms with Crippen LogP contribution >= 0.6 is 0 Å². The third kappa shape index (κ3) is 7.42. The van der Waals surface area contributed by atoms with Gasteiger partial charge < -0.3 is 15.0 Å². The van der Waals surface area contributed by atoms with Crippen molar-refractivity contribution in [2.75, 3.05) is 6.61 Å². The Morgan fingerprint density at radius 1 is 1.00 bits per heavy atom. The van der Waals surface area contributed by atoms with Gasteiger partial charge in [-0.15, -0.1) is 0 Å². The van der Waals surface area contributed by atoms with Crippen LogP contribution in [0.15, 0.2) is 42.5 Å². The van der Waals surface area contributed by atoms with E-state index in [1.54, 1.807) is 4.90 Å². The summed E-state index contributed by atoms with van der Waals surface area (Å²) in [4.78, 5) is 27.9. The standard InChI is InChI=1S/C26H36N2O3/c1-8-22(25(30)27-26(5,6)7)28(16-21-13-10-18(2)11-14-21)24(29)17-31-23-15-19(3)9-12-20(23)4/h9-15,22H,8,16-17H2,1-7H3,(H,27,30)/t22-/m0/s1. The predicted molar refractivity (Wildman–Crippen MR) is 125 cm³/mol. The first kappa shape index (κ1) is 24.4. The van der Waals surface area contributed by atoms with E-state index in [4.69, 9.17) is 4.74 Å². The van der Waals surface area contributed by atoms with Gasteiger partial charge >= 0.3 is 0 Å². The van der Waals surface area contributed by atoms with Crippen LogP contribution in [0.4, 0.5) is 0 Å². The Morgan fingerprint density at radius 3 is 2.19 bits per heavy atom. The maximum absolute atomic E-state index is 13.3. The molecular weight excluding hydrogens is 388 g/mol. The van der Waals surface area contributed by atoms with Crippen molar-refractivity contribution in [1.29, 1.82) is 0 Å². The fourth-order valence-corrected chi connectivity index (χ4v) is 3.35. The van der Waals surface area contributed by atoms with Crippen molar-refractivity contribution in [3.05, 3.63) is 64.7 Å². The van der Waals surface area contributed by atoms with Crippen molar-refractivity contribution in [3.63, 3.8) is 0 Å². The normalized spacial score (nSPS) is 12.2. The van der Waals surface area contributed by atoms with Crippen LogP contribution in [-0.2, 0) is 16.1 Å². The Labute approximate surface area is 186 Å². The van der Waals surface area contributed by atoms with Gasteiger partial charge in [-0.2, -0.15) is 0 Å². The lowest BCUT2D eigenvalue weighted by atomic mass is 10.1. The van der Waals surface area contributed by atoms with Gasteiger partial charge in [-0.05, 0) is 70.7 Å². The molecular formula is C26H36N2O3. The molecule has 31 heavy (non-hydrogen) atoms. The maximum Gasteiger partial charge on any atom is 0.261 e. The minimum atomic E-state index is -0.574. The highest BCUT2D eigenvalue weighted by atomic mass is 16.5. The summed E-state index contributed by atoms with van der Waals surface area (Å²) in [5, 5.41) is 3.02. The van der Waals surface area contributed by atoms with E-state index in [1.807, 2.05) is 90.9 Å². The lowest BCUT2D eigenvalue weighted by Gasteiger charge is -2.33. The highest BCUT2D eigenvalue weighted by Gasteiger charge is 2.30. The molecule has 0 spiro atoms. The number of aryl methyl sites for hydroxylation is 3. The number of hydrogen-bond donors (Lipinski definition) is 1. The molecule has 0 unspecified atom stereocenters. The maximum atomic E-state index is 13.3. The van der Waals surface area contributed by atoms with Gasteiger partial charge in [0.25, 0.3) is 5.91 Å². The smallest absolute Gasteiger partial charge is 0.261 e. The molecule has 168 valence electrons. The van der Waals surface area contributed by atoms with Gasteiger partial charge in [-0.1, -0.05) is 48.9 Å².